The molecule has 2 N–H and O–H groups in total. The van der Waals surface area contributed by atoms with Gasteiger partial charge in [-0.25, -0.2) is 18.6 Å². The molecule has 1 aromatic heterocycles. The summed E-state index contributed by atoms with van der Waals surface area (Å²) >= 11 is 1.51. The van der Waals surface area contributed by atoms with Gasteiger partial charge >= 0.3 is 6.03 Å². The number of carbonyl (C=O) groups is 1. The molecule has 2 aliphatic carbocycles. The van der Waals surface area contributed by atoms with Crippen molar-refractivity contribution in [3.8, 4) is 5.75 Å². The Morgan fingerprint density at radius 1 is 1.33 bits per heavy atom. The molecule has 0 unspecified atom stereocenters. The molecular formula is C19H21F2N3O2S. The topological polar surface area (TPSA) is 63.2 Å². The van der Waals surface area contributed by atoms with Crippen LogP contribution in [0.25, 0.3) is 0 Å². The smallest absolute Gasteiger partial charge is 0.319 e. The summed E-state index contributed by atoms with van der Waals surface area (Å²) in [6.07, 6.45) is 2.15. The predicted octanol–water partition coefficient (Wildman–Crippen LogP) is 4.81. The van der Waals surface area contributed by atoms with Gasteiger partial charge in [0.15, 0.2) is 0 Å². The van der Waals surface area contributed by atoms with Crippen molar-refractivity contribution < 1.29 is 18.3 Å². The molecule has 2 amide bonds. The Morgan fingerprint density at radius 2 is 2.11 bits per heavy atom. The summed E-state index contributed by atoms with van der Waals surface area (Å²) in [5.41, 5.74) is 2.43. The lowest BCUT2D eigenvalue weighted by molar-refractivity contribution is 0.0446. The van der Waals surface area contributed by atoms with Crippen molar-refractivity contribution in [2.45, 2.75) is 50.7 Å². The molecule has 5 nitrogen and oxygen atoms in total. The normalized spacial score (nSPS) is 25.8. The number of rotatable bonds is 5. The van der Waals surface area contributed by atoms with E-state index in [-0.39, 0.29) is 18.5 Å². The van der Waals surface area contributed by atoms with Crippen molar-refractivity contribution in [2.75, 3.05) is 5.32 Å². The molecule has 2 aliphatic rings. The third kappa shape index (κ3) is 4.05. The van der Waals surface area contributed by atoms with Crippen LogP contribution in [0, 0.1) is 5.41 Å². The van der Waals surface area contributed by atoms with Crippen LogP contribution < -0.4 is 15.4 Å². The highest BCUT2D eigenvalue weighted by Crippen LogP contribution is 2.67. The Labute approximate surface area is 160 Å². The molecule has 1 spiro atoms. The van der Waals surface area contributed by atoms with Gasteiger partial charge in [0.25, 0.3) is 5.92 Å². The van der Waals surface area contributed by atoms with Gasteiger partial charge in [-0.3, -0.25) is 0 Å². The Hall–Kier alpha value is -2.22. The van der Waals surface area contributed by atoms with E-state index in [1.165, 1.54) is 11.3 Å². The molecule has 2 fully saturated rings. The number of nitrogens with one attached hydrogen (secondary N) is 2. The van der Waals surface area contributed by atoms with Crippen molar-refractivity contribution in [1.82, 2.24) is 10.3 Å². The molecule has 144 valence electrons. The fraction of sp³-hybridized carbons (Fsp3) is 0.474. The number of ether oxygens (including phenoxy) is 1. The first-order valence-electron chi connectivity index (χ1n) is 9.01. The third-order valence-corrected chi connectivity index (χ3v) is 6.09. The van der Waals surface area contributed by atoms with Crippen LogP contribution in [0.3, 0.4) is 0 Å². The van der Waals surface area contributed by atoms with Crippen LogP contribution in [0.2, 0.25) is 0 Å². The summed E-state index contributed by atoms with van der Waals surface area (Å²) in [6, 6.07) is 6.74. The molecule has 0 bridgehead atoms. The highest BCUT2D eigenvalue weighted by atomic mass is 32.1. The Morgan fingerprint density at radius 3 is 2.78 bits per heavy atom. The first kappa shape index (κ1) is 18.2. The minimum Gasteiger partial charge on any atom is -0.487 e. The summed E-state index contributed by atoms with van der Waals surface area (Å²) in [5, 5.41) is 7.59. The second-order valence-corrected chi connectivity index (χ2v) is 8.05. The summed E-state index contributed by atoms with van der Waals surface area (Å²) < 4.78 is 32.5. The number of thiazole rings is 1. The molecule has 27 heavy (non-hydrogen) atoms. The van der Waals surface area contributed by atoms with Crippen molar-refractivity contribution in [3.63, 3.8) is 0 Å². The van der Waals surface area contributed by atoms with Crippen LogP contribution in [0.15, 0.2) is 35.2 Å². The number of anilines is 1. The zero-order chi connectivity index (χ0) is 18.9. The number of benzene rings is 1. The lowest BCUT2D eigenvalue weighted by atomic mass is 9.83. The van der Waals surface area contributed by atoms with Crippen molar-refractivity contribution in [2.24, 2.45) is 5.41 Å². The fourth-order valence-corrected chi connectivity index (χ4v) is 4.26. The minimum absolute atomic E-state index is 0.00656. The zero-order valence-corrected chi connectivity index (χ0v) is 15.5. The lowest BCUT2D eigenvalue weighted by Gasteiger charge is -2.29. The van der Waals surface area contributed by atoms with Gasteiger partial charge in [-0.15, -0.1) is 11.3 Å². The molecule has 0 radical (unpaired) electrons. The van der Waals surface area contributed by atoms with Crippen molar-refractivity contribution in [3.05, 3.63) is 40.8 Å². The molecular weight excluding hydrogens is 372 g/mol. The first-order chi connectivity index (χ1) is 13.0. The van der Waals surface area contributed by atoms with E-state index in [0.717, 1.165) is 5.69 Å². The van der Waals surface area contributed by atoms with Gasteiger partial charge in [-0.05, 0) is 37.8 Å². The van der Waals surface area contributed by atoms with Crippen LogP contribution in [0.4, 0.5) is 19.3 Å². The van der Waals surface area contributed by atoms with Crippen LogP contribution in [-0.4, -0.2) is 23.0 Å². The van der Waals surface area contributed by atoms with E-state index in [4.69, 9.17) is 4.74 Å². The third-order valence-electron chi connectivity index (χ3n) is 5.45. The Kier molecular flexibility index (Phi) is 4.75. The van der Waals surface area contributed by atoms with Crippen molar-refractivity contribution in [1.29, 1.82) is 0 Å². The van der Waals surface area contributed by atoms with Gasteiger partial charge in [0.1, 0.15) is 12.4 Å². The molecule has 0 aliphatic heterocycles. The van der Waals surface area contributed by atoms with E-state index in [1.54, 1.807) is 23.7 Å². The Balaban J connectivity index is 1.25. The number of carbonyl (C=O) groups excluding carboxylic acids is 1. The molecule has 2 saturated carbocycles. The lowest BCUT2D eigenvalue weighted by Crippen LogP contribution is -2.41. The van der Waals surface area contributed by atoms with Crippen LogP contribution >= 0.6 is 11.3 Å². The molecule has 0 saturated heterocycles. The maximum atomic E-state index is 13.4. The maximum absolute atomic E-state index is 13.4. The van der Waals surface area contributed by atoms with Gasteiger partial charge in [-0.1, -0.05) is 6.07 Å². The van der Waals surface area contributed by atoms with E-state index in [9.17, 15) is 13.6 Å². The van der Waals surface area contributed by atoms with Crippen molar-refractivity contribution >= 4 is 23.1 Å². The first-order valence-corrected chi connectivity index (χ1v) is 9.95. The van der Waals surface area contributed by atoms with Gasteiger partial charge < -0.3 is 15.4 Å². The summed E-state index contributed by atoms with van der Waals surface area (Å²) in [4.78, 5) is 16.4. The SMILES string of the molecule is O=C(Nc1cccc(OCc2cscn2)c1)NC1CCC2(CC1)CC2(F)F. The summed E-state index contributed by atoms with van der Waals surface area (Å²) in [7, 11) is 0. The van der Waals surface area contributed by atoms with E-state index in [0.29, 0.717) is 43.7 Å². The number of amides is 2. The molecule has 0 atom stereocenters. The van der Waals surface area contributed by atoms with Crippen LogP contribution in [0.1, 0.15) is 37.8 Å². The number of halogens is 2. The predicted molar refractivity (Wildman–Crippen MR) is 99.3 cm³/mol. The average molecular weight is 393 g/mol. The van der Waals surface area contributed by atoms with Crippen LogP contribution in [-0.2, 0) is 6.61 Å². The second-order valence-electron chi connectivity index (χ2n) is 7.33. The minimum atomic E-state index is -2.50. The zero-order valence-electron chi connectivity index (χ0n) is 14.7. The number of alkyl halides is 2. The molecule has 8 heteroatoms. The highest BCUT2D eigenvalue weighted by Gasteiger charge is 2.70. The molecule has 1 heterocycles. The highest BCUT2D eigenvalue weighted by molar-refractivity contribution is 7.07. The molecule has 1 aromatic carbocycles. The number of nitrogens with zero attached hydrogens (tertiary/aromatic N) is 1. The number of aromatic nitrogens is 1. The van der Waals surface area contributed by atoms with E-state index < -0.39 is 11.3 Å². The van der Waals surface area contributed by atoms with E-state index in [1.807, 2.05) is 11.4 Å². The van der Waals surface area contributed by atoms with Crippen LogP contribution in [0.5, 0.6) is 5.75 Å². The van der Waals surface area contributed by atoms with Gasteiger partial charge in [-0.2, -0.15) is 0 Å². The molecule has 4 rings (SSSR count). The maximum Gasteiger partial charge on any atom is 0.319 e. The molecule has 2 aromatic rings. The van der Waals surface area contributed by atoms with Gasteiger partial charge in [0.05, 0.1) is 11.2 Å². The largest absolute Gasteiger partial charge is 0.487 e. The summed E-state index contributed by atoms with van der Waals surface area (Å²) in [6.45, 7) is 0.369. The standard InChI is InChI=1S/C19H21F2N3O2S/c20-19(21)11-18(19)6-4-13(5-7-18)23-17(25)24-14-2-1-3-16(8-14)26-9-15-10-27-12-22-15/h1-3,8,10,12-13H,4-7,9,11H2,(H2,23,24,25). The van der Waals surface area contributed by atoms with E-state index in [2.05, 4.69) is 15.6 Å². The monoisotopic (exact) mass is 393 g/mol. The number of urea groups is 1. The van der Waals surface area contributed by atoms with E-state index >= 15 is 0 Å². The van der Waals surface area contributed by atoms with Gasteiger partial charge in [0, 0.05) is 35.0 Å². The summed E-state index contributed by atoms with van der Waals surface area (Å²) in [5.74, 6) is -1.87. The number of hydrogen-bond donors (Lipinski definition) is 2. The van der Waals surface area contributed by atoms with Gasteiger partial charge in [0.2, 0.25) is 0 Å². The fourth-order valence-electron chi connectivity index (χ4n) is 3.72. The quantitative estimate of drug-likeness (QED) is 0.766. The number of hydrogen-bond acceptors (Lipinski definition) is 4. The average Bonchev–Trinajstić information content (AvgIpc) is 3.00. The second kappa shape index (κ2) is 7.07. The Bertz CT molecular complexity index is 805.